The van der Waals surface area contributed by atoms with E-state index >= 15 is 0 Å². The molecule has 0 unspecified atom stereocenters. The molecule has 3 heteroatoms. The third kappa shape index (κ3) is 52.1. The molecule has 100 heavy (non-hydrogen) atoms. The van der Waals surface area contributed by atoms with Crippen LogP contribution in [-0.2, 0) is 40.1 Å². The molecular weight excluding hydrogens is 1250 g/mol. The molecule has 0 saturated carbocycles. The molecule has 0 bridgehead atoms. The molecule has 2 aromatic carbocycles. The Morgan fingerprint density at radius 1 is 0.200 bits per heavy atom. The van der Waals surface area contributed by atoms with Gasteiger partial charge in [0.2, 0.25) is 11.4 Å². The van der Waals surface area contributed by atoms with E-state index < -0.39 is 0 Å². The van der Waals surface area contributed by atoms with Gasteiger partial charge < -0.3 is 5.53 Å². The van der Waals surface area contributed by atoms with Gasteiger partial charge >= 0.3 is 166 Å². The van der Waals surface area contributed by atoms with Crippen LogP contribution >= 0.6 is 0 Å². The standard InChI is InChI=1S/C49H78N2.2C24H49.Ni/c1-7-13-19-24-28-40-34-41(29-25-20-14-8-2)37-44(36-40)48-46(32-18-12-6)47(33-23-17-11-5)49(51(48)50)45-38-42(30-26-21-15-9-3)35-43(39-45)31-27-22-16-10-4;2*1-3-5-7-9-11-13-15-17-19-21-23-24-22-20-18-16-14-12-10-8-6-4-2;/h34-39H,7-33H2,1-6H3;2*1,3-24H2,2H3;. The Morgan fingerprint density at radius 3 is 0.590 bits per heavy atom. The number of nitrogens with zero attached hydrogens (tertiary/aromatic N) is 2. The summed E-state index contributed by atoms with van der Waals surface area (Å²) >= 11 is 2.05. The summed E-state index contributed by atoms with van der Waals surface area (Å²) in [6, 6.07) is 14.8. The number of rotatable bonds is 75. The van der Waals surface area contributed by atoms with E-state index in [4.69, 9.17) is 0 Å². The molecule has 3 rings (SSSR count). The molecule has 0 aromatic heterocycles. The molecule has 2 aromatic rings. The molecule has 0 saturated heterocycles. The SMILES string of the molecule is CCCCCCCCCCCCCCCCCCCCCCC[CH2][Ni][CH2]CCCCCCCCCCCCCCCCCCCCCCC.CCCCCCc1cc(CCCCCC)cc(C2=C(CCCC)C(CCCCC)=C(c3cc(CCCCCC)cc(CCCCCC)c3)[N+]2=[N-])c1. The Hall–Kier alpha value is -1.99. The van der Waals surface area contributed by atoms with Crippen LogP contribution in [0.2, 0.25) is 10.8 Å². The van der Waals surface area contributed by atoms with E-state index in [9.17, 15) is 5.53 Å². The van der Waals surface area contributed by atoms with Crippen LogP contribution in [0.5, 0.6) is 0 Å². The molecule has 0 aliphatic carbocycles. The van der Waals surface area contributed by atoms with Crippen LogP contribution in [0.1, 0.15) is 519 Å². The summed E-state index contributed by atoms with van der Waals surface area (Å²) in [7, 11) is 0. The number of hydrogen-bond acceptors (Lipinski definition) is 0. The number of unbranched alkanes of at least 4 members (excludes halogenated alkanes) is 57. The molecule has 584 valence electrons. The second-order valence-electron chi connectivity index (χ2n) is 32.2. The first-order valence-corrected chi connectivity index (χ1v) is 47.5. The first-order valence-electron chi connectivity index (χ1n) is 46.1. The van der Waals surface area contributed by atoms with E-state index in [1.54, 1.807) is 4.70 Å². The van der Waals surface area contributed by atoms with Crippen LogP contribution < -0.4 is 0 Å². The normalized spacial score (nSPS) is 12.5. The van der Waals surface area contributed by atoms with Crippen LogP contribution in [0.15, 0.2) is 47.5 Å². The van der Waals surface area contributed by atoms with Gasteiger partial charge in [-0.1, -0.05) is 305 Å². The minimum Gasteiger partial charge on any atom is -0.493 e. The molecule has 1 aliphatic heterocycles. The molecule has 0 N–H and O–H groups in total. The molecule has 0 radical (unpaired) electrons. The Morgan fingerprint density at radius 2 is 0.370 bits per heavy atom. The van der Waals surface area contributed by atoms with Gasteiger partial charge in [-0.3, -0.25) is 0 Å². The van der Waals surface area contributed by atoms with E-state index in [0.717, 1.165) is 62.8 Å². The van der Waals surface area contributed by atoms with Crippen LogP contribution in [0.3, 0.4) is 0 Å². The van der Waals surface area contributed by atoms with Gasteiger partial charge in [0.25, 0.3) is 0 Å². The average Bonchev–Trinajstić information content (AvgIpc) is 1.60. The van der Waals surface area contributed by atoms with E-state index in [-0.39, 0.29) is 0 Å². The van der Waals surface area contributed by atoms with Gasteiger partial charge in [-0.05, 0) is 124 Å². The minimum absolute atomic E-state index is 1.03. The second kappa shape index (κ2) is 72.6. The van der Waals surface area contributed by atoms with Gasteiger partial charge in [0.15, 0.2) is 0 Å². The third-order valence-electron chi connectivity index (χ3n) is 22.3. The molecular formula is C97H176N2Ni. The van der Waals surface area contributed by atoms with E-state index in [2.05, 4.69) is 106 Å². The Kier molecular flexibility index (Phi) is 68.3. The zero-order valence-corrected chi connectivity index (χ0v) is 70.3. The fourth-order valence-electron chi connectivity index (χ4n) is 15.7. The van der Waals surface area contributed by atoms with Crippen LogP contribution in [-0.4, -0.2) is 4.70 Å². The zero-order chi connectivity index (χ0) is 71.9. The fourth-order valence-corrected chi connectivity index (χ4v) is 16.9. The van der Waals surface area contributed by atoms with Crippen molar-refractivity contribution in [1.29, 1.82) is 0 Å². The van der Waals surface area contributed by atoms with Crippen molar-refractivity contribution in [3.63, 3.8) is 0 Å². The Bertz CT molecular complexity index is 2050. The van der Waals surface area contributed by atoms with E-state index in [1.165, 1.54) is 460 Å². The summed E-state index contributed by atoms with van der Waals surface area (Å²) in [6.07, 6.45) is 98.2. The minimum atomic E-state index is 1.03. The van der Waals surface area contributed by atoms with Crippen molar-refractivity contribution in [2.75, 3.05) is 0 Å². The van der Waals surface area contributed by atoms with Gasteiger partial charge in [-0.15, -0.1) is 0 Å². The maximum atomic E-state index is 12.6. The predicted octanol–water partition coefficient (Wildman–Crippen LogP) is 35.2. The van der Waals surface area contributed by atoms with Crippen molar-refractivity contribution in [2.45, 2.75) is 522 Å². The summed E-state index contributed by atoms with van der Waals surface area (Å²) in [5.74, 6) is 0. The van der Waals surface area contributed by atoms with Crippen molar-refractivity contribution in [2.24, 2.45) is 0 Å². The monoisotopic (exact) mass is 1430 g/mol. The number of aryl methyl sites for hydroxylation is 4. The number of hydrogen-bond donors (Lipinski definition) is 0. The average molecular weight is 1430 g/mol. The number of benzene rings is 2. The first-order chi connectivity index (χ1) is 49.4. The summed E-state index contributed by atoms with van der Waals surface area (Å²) in [5.41, 5.74) is 25.9. The molecule has 0 spiro atoms. The molecule has 1 heterocycles. The Balaban J connectivity index is 0.000000681. The van der Waals surface area contributed by atoms with Crippen LogP contribution in [0, 0.1) is 0 Å². The van der Waals surface area contributed by atoms with Gasteiger partial charge in [0.05, 0.1) is 0 Å². The van der Waals surface area contributed by atoms with E-state index in [1.807, 2.05) is 0 Å². The molecule has 0 fully saturated rings. The van der Waals surface area contributed by atoms with Gasteiger partial charge in [-0.2, -0.15) is 0 Å². The summed E-state index contributed by atoms with van der Waals surface area (Å²) in [4.78, 5) is 0. The third-order valence-corrected chi connectivity index (χ3v) is 23.6. The van der Waals surface area contributed by atoms with Gasteiger partial charge in [0, 0.05) is 22.3 Å². The van der Waals surface area contributed by atoms with Gasteiger partial charge in [-0.25, -0.2) is 4.70 Å². The summed E-state index contributed by atoms with van der Waals surface area (Å²) < 4.78 is 1.68. The molecule has 0 amide bonds. The van der Waals surface area contributed by atoms with E-state index in [0.29, 0.717) is 0 Å². The quantitative estimate of drug-likeness (QED) is 0.0358. The topological polar surface area (TPSA) is 25.3 Å². The zero-order valence-electron chi connectivity index (χ0n) is 69.3. The van der Waals surface area contributed by atoms with Crippen molar-refractivity contribution in [3.8, 4) is 0 Å². The summed E-state index contributed by atoms with van der Waals surface area (Å²) in [5, 5.41) is 2.87. The molecule has 1 aliphatic rings. The fraction of sp³-hybridized carbons (Fsp3) is 0.835. The van der Waals surface area contributed by atoms with Crippen molar-refractivity contribution in [3.05, 3.63) is 86.5 Å². The van der Waals surface area contributed by atoms with Crippen LogP contribution in [0.4, 0.5) is 0 Å². The van der Waals surface area contributed by atoms with Gasteiger partial charge in [0.1, 0.15) is 0 Å². The predicted molar refractivity (Wildman–Crippen MR) is 450 cm³/mol. The second-order valence-corrected chi connectivity index (χ2v) is 33.7. The summed E-state index contributed by atoms with van der Waals surface area (Å²) in [6.45, 7) is 18.4. The molecule has 2 nitrogen and oxygen atoms in total. The first kappa shape index (κ1) is 94.1. The Labute approximate surface area is 635 Å². The van der Waals surface area contributed by atoms with Crippen molar-refractivity contribution < 1.29 is 19.1 Å². The van der Waals surface area contributed by atoms with Crippen molar-refractivity contribution >= 4 is 11.4 Å². The van der Waals surface area contributed by atoms with Crippen molar-refractivity contribution in [1.82, 2.24) is 0 Å². The maximum absolute atomic E-state index is 12.6. The smallest absolute Gasteiger partial charge is 0.493 e. The molecule has 0 atom stereocenters. The van der Waals surface area contributed by atoms with Crippen LogP contribution in [0.25, 0.3) is 16.9 Å². The number of allylic oxidation sites excluding steroid dienone is 2.